The SMILES string of the molecule is COc1ccc2[nH]c(C)c(CCNC(=O)c3ccc(Cl)c(Cl)c3)c2c1. The molecule has 0 atom stereocenters. The Hall–Kier alpha value is -2.17. The number of aryl methyl sites for hydroxylation is 1. The van der Waals surface area contributed by atoms with E-state index in [9.17, 15) is 4.79 Å². The van der Waals surface area contributed by atoms with Crippen LogP contribution in [0.1, 0.15) is 21.6 Å². The van der Waals surface area contributed by atoms with E-state index in [1.807, 2.05) is 25.1 Å². The molecule has 6 heteroatoms. The third-order valence-corrected chi connectivity index (χ3v) is 4.91. The van der Waals surface area contributed by atoms with Crippen LogP contribution in [-0.4, -0.2) is 24.5 Å². The molecule has 4 nitrogen and oxygen atoms in total. The van der Waals surface area contributed by atoms with Gasteiger partial charge in [0.2, 0.25) is 0 Å². The van der Waals surface area contributed by atoms with Crippen molar-refractivity contribution in [1.82, 2.24) is 10.3 Å². The zero-order chi connectivity index (χ0) is 18.0. The Labute approximate surface area is 156 Å². The van der Waals surface area contributed by atoms with Gasteiger partial charge in [0.15, 0.2) is 0 Å². The number of aromatic nitrogens is 1. The summed E-state index contributed by atoms with van der Waals surface area (Å²) in [4.78, 5) is 15.6. The highest BCUT2D eigenvalue weighted by Crippen LogP contribution is 2.26. The number of ether oxygens (including phenoxy) is 1. The first-order chi connectivity index (χ1) is 12.0. The fourth-order valence-electron chi connectivity index (χ4n) is 2.85. The quantitative estimate of drug-likeness (QED) is 0.673. The molecule has 1 amide bonds. The predicted octanol–water partition coefficient (Wildman–Crippen LogP) is 4.76. The van der Waals surface area contributed by atoms with Gasteiger partial charge in [-0.25, -0.2) is 0 Å². The maximum absolute atomic E-state index is 12.2. The molecule has 2 aromatic carbocycles. The molecule has 0 spiro atoms. The smallest absolute Gasteiger partial charge is 0.251 e. The molecular formula is C19H18Cl2N2O2. The maximum atomic E-state index is 12.2. The molecule has 130 valence electrons. The van der Waals surface area contributed by atoms with Gasteiger partial charge in [-0.15, -0.1) is 0 Å². The third kappa shape index (κ3) is 3.75. The summed E-state index contributed by atoms with van der Waals surface area (Å²) in [6.45, 7) is 2.55. The van der Waals surface area contributed by atoms with Crippen LogP contribution in [0.3, 0.4) is 0 Å². The molecule has 0 saturated heterocycles. The van der Waals surface area contributed by atoms with E-state index in [-0.39, 0.29) is 5.91 Å². The Balaban J connectivity index is 1.71. The van der Waals surface area contributed by atoms with Crippen molar-refractivity contribution in [3.63, 3.8) is 0 Å². The Bertz CT molecular complexity index is 935. The van der Waals surface area contributed by atoms with Gasteiger partial charge in [-0.3, -0.25) is 4.79 Å². The molecular weight excluding hydrogens is 359 g/mol. The molecule has 0 bridgehead atoms. The minimum atomic E-state index is -0.173. The second-order valence-electron chi connectivity index (χ2n) is 5.77. The topological polar surface area (TPSA) is 54.1 Å². The standard InChI is InChI=1S/C19H18Cl2N2O2/c1-11-14(15-10-13(25-2)4-6-18(15)23-11)7-8-22-19(24)12-3-5-16(20)17(21)9-12/h3-6,9-10,23H,7-8H2,1-2H3,(H,22,24). The number of amides is 1. The van der Waals surface area contributed by atoms with Gasteiger partial charge in [-0.1, -0.05) is 23.2 Å². The zero-order valence-corrected chi connectivity index (χ0v) is 15.5. The Morgan fingerprint density at radius 2 is 1.96 bits per heavy atom. The highest BCUT2D eigenvalue weighted by Gasteiger charge is 2.11. The van der Waals surface area contributed by atoms with E-state index in [1.54, 1.807) is 25.3 Å². The van der Waals surface area contributed by atoms with Crippen molar-refractivity contribution in [2.45, 2.75) is 13.3 Å². The van der Waals surface area contributed by atoms with Crippen molar-refractivity contribution >= 4 is 40.0 Å². The van der Waals surface area contributed by atoms with Crippen molar-refractivity contribution in [2.75, 3.05) is 13.7 Å². The number of carbonyl (C=O) groups excluding carboxylic acids is 1. The lowest BCUT2D eigenvalue weighted by atomic mass is 10.1. The van der Waals surface area contributed by atoms with E-state index in [0.29, 0.717) is 28.6 Å². The second-order valence-corrected chi connectivity index (χ2v) is 6.59. The summed E-state index contributed by atoms with van der Waals surface area (Å²) in [7, 11) is 1.65. The van der Waals surface area contributed by atoms with Crippen LogP contribution >= 0.6 is 23.2 Å². The van der Waals surface area contributed by atoms with Crippen LogP contribution in [0.4, 0.5) is 0 Å². The van der Waals surface area contributed by atoms with Crippen molar-refractivity contribution < 1.29 is 9.53 Å². The number of fused-ring (bicyclic) bond motifs is 1. The van der Waals surface area contributed by atoms with Gasteiger partial charge in [0.1, 0.15) is 5.75 Å². The first-order valence-corrected chi connectivity index (χ1v) is 8.63. The van der Waals surface area contributed by atoms with E-state index in [2.05, 4.69) is 10.3 Å². The van der Waals surface area contributed by atoms with Crippen LogP contribution < -0.4 is 10.1 Å². The lowest BCUT2D eigenvalue weighted by molar-refractivity contribution is 0.0954. The molecule has 0 fully saturated rings. The summed E-state index contributed by atoms with van der Waals surface area (Å²) in [6.07, 6.45) is 0.714. The Morgan fingerprint density at radius 1 is 1.16 bits per heavy atom. The van der Waals surface area contributed by atoms with Crippen LogP contribution in [0, 0.1) is 6.92 Å². The van der Waals surface area contributed by atoms with Gasteiger partial charge in [0.05, 0.1) is 17.2 Å². The van der Waals surface area contributed by atoms with Gasteiger partial charge in [-0.2, -0.15) is 0 Å². The van der Waals surface area contributed by atoms with Gasteiger partial charge in [0, 0.05) is 28.7 Å². The molecule has 2 N–H and O–H groups in total. The average molecular weight is 377 g/mol. The zero-order valence-electron chi connectivity index (χ0n) is 14.0. The number of benzene rings is 2. The minimum absolute atomic E-state index is 0.173. The minimum Gasteiger partial charge on any atom is -0.497 e. The normalized spacial score (nSPS) is 10.9. The summed E-state index contributed by atoms with van der Waals surface area (Å²) >= 11 is 11.8. The van der Waals surface area contributed by atoms with E-state index in [0.717, 1.165) is 22.3 Å². The molecule has 0 unspecified atom stereocenters. The van der Waals surface area contributed by atoms with Crippen LogP contribution in [0.5, 0.6) is 5.75 Å². The molecule has 0 aliphatic carbocycles. The first kappa shape index (κ1) is 17.6. The van der Waals surface area contributed by atoms with Crippen LogP contribution in [0.15, 0.2) is 36.4 Å². The summed E-state index contributed by atoms with van der Waals surface area (Å²) < 4.78 is 5.30. The van der Waals surface area contributed by atoms with Gasteiger partial charge >= 0.3 is 0 Å². The number of methoxy groups -OCH3 is 1. The number of hydrogen-bond donors (Lipinski definition) is 2. The van der Waals surface area contributed by atoms with E-state index in [4.69, 9.17) is 27.9 Å². The second kappa shape index (κ2) is 7.38. The van der Waals surface area contributed by atoms with Crippen LogP contribution in [0.2, 0.25) is 10.0 Å². The molecule has 25 heavy (non-hydrogen) atoms. The van der Waals surface area contributed by atoms with Crippen LogP contribution in [0.25, 0.3) is 10.9 Å². The van der Waals surface area contributed by atoms with E-state index < -0.39 is 0 Å². The summed E-state index contributed by atoms with van der Waals surface area (Å²) in [5, 5.41) is 4.83. The molecule has 1 heterocycles. The molecule has 0 aliphatic heterocycles. The lowest BCUT2D eigenvalue weighted by Crippen LogP contribution is -2.25. The van der Waals surface area contributed by atoms with Crippen LogP contribution in [-0.2, 0) is 6.42 Å². The molecule has 3 aromatic rings. The molecule has 0 aliphatic rings. The highest BCUT2D eigenvalue weighted by atomic mass is 35.5. The fourth-order valence-corrected chi connectivity index (χ4v) is 3.15. The van der Waals surface area contributed by atoms with Gasteiger partial charge in [-0.05, 0) is 55.3 Å². The third-order valence-electron chi connectivity index (χ3n) is 4.17. The molecule has 0 saturated carbocycles. The summed E-state index contributed by atoms with van der Waals surface area (Å²) in [5.41, 5.74) is 3.81. The van der Waals surface area contributed by atoms with Gasteiger partial charge < -0.3 is 15.0 Å². The number of aromatic amines is 1. The van der Waals surface area contributed by atoms with E-state index >= 15 is 0 Å². The van der Waals surface area contributed by atoms with Crippen molar-refractivity contribution in [3.8, 4) is 5.75 Å². The Morgan fingerprint density at radius 3 is 2.68 bits per heavy atom. The number of nitrogens with one attached hydrogen (secondary N) is 2. The number of H-pyrrole nitrogens is 1. The summed E-state index contributed by atoms with van der Waals surface area (Å²) in [5.74, 6) is 0.640. The first-order valence-electron chi connectivity index (χ1n) is 7.88. The number of hydrogen-bond acceptors (Lipinski definition) is 2. The maximum Gasteiger partial charge on any atom is 0.251 e. The largest absolute Gasteiger partial charge is 0.497 e. The Kier molecular flexibility index (Phi) is 5.21. The fraction of sp³-hybridized carbons (Fsp3) is 0.211. The van der Waals surface area contributed by atoms with Crippen molar-refractivity contribution in [1.29, 1.82) is 0 Å². The number of carbonyl (C=O) groups is 1. The lowest BCUT2D eigenvalue weighted by Gasteiger charge is -2.07. The number of rotatable bonds is 5. The van der Waals surface area contributed by atoms with E-state index in [1.165, 1.54) is 5.56 Å². The van der Waals surface area contributed by atoms with Crippen molar-refractivity contribution in [2.24, 2.45) is 0 Å². The molecule has 3 rings (SSSR count). The summed E-state index contributed by atoms with van der Waals surface area (Å²) in [6, 6.07) is 10.8. The van der Waals surface area contributed by atoms with Gasteiger partial charge in [0.25, 0.3) is 5.91 Å². The average Bonchev–Trinajstić information content (AvgIpc) is 2.92. The molecule has 1 aromatic heterocycles. The monoisotopic (exact) mass is 376 g/mol. The predicted molar refractivity (Wildman–Crippen MR) is 102 cm³/mol. The molecule has 0 radical (unpaired) electrons. The van der Waals surface area contributed by atoms with Crippen molar-refractivity contribution in [3.05, 3.63) is 63.3 Å². The highest BCUT2D eigenvalue weighted by molar-refractivity contribution is 6.42. The number of halogens is 2.